The van der Waals surface area contributed by atoms with Crippen LogP contribution in [-0.2, 0) is 0 Å². The van der Waals surface area contributed by atoms with Crippen LogP contribution in [0.4, 0.5) is 0 Å². The predicted molar refractivity (Wildman–Crippen MR) is 96.3 cm³/mol. The molecule has 25 heavy (non-hydrogen) atoms. The maximum absolute atomic E-state index is 11.2. The summed E-state index contributed by atoms with van der Waals surface area (Å²) in [6.07, 6.45) is 3.85. The second-order valence-electron chi connectivity index (χ2n) is 6.35. The molecule has 0 spiro atoms. The third kappa shape index (κ3) is 4.73. The van der Waals surface area contributed by atoms with E-state index in [1.807, 2.05) is 24.3 Å². The number of benzene rings is 2. The number of carboxylic acids is 1. The number of piperidine rings is 1. The van der Waals surface area contributed by atoms with Crippen molar-refractivity contribution in [1.29, 1.82) is 0 Å². The number of aromatic carboxylic acids is 1. The first-order valence-electron chi connectivity index (χ1n) is 8.65. The number of phenols is 1. The Hall–Kier alpha value is -2.53. The lowest BCUT2D eigenvalue weighted by atomic mass is 10.0. The van der Waals surface area contributed by atoms with Crippen LogP contribution in [0.3, 0.4) is 0 Å². The molecule has 0 atom stereocenters. The van der Waals surface area contributed by atoms with Crippen LogP contribution in [0.25, 0.3) is 11.1 Å². The first-order chi connectivity index (χ1) is 12.1. The van der Waals surface area contributed by atoms with Crippen molar-refractivity contribution >= 4 is 5.97 Å². The molecule has 0 aliphatic carbocycles. The number of carbonyl (C=O) groups is 1. The van der Waals surface area contributed by atoms with Crippen LogP contribution in [0, 0.1) is 0 Å². The summed E-state index contributed by atoms with van der Waals surface area (Å²) in [7, 11) is 0. The first kappa shape index (κ1) is 17.3. The molecular formula is C20H23NO4. The van der Waals surface area contributed by atoms with Crippen LogP contribution in [0.1, 0.15) is 29.6 Å². The van der Waals surface area contributed by atoms with Crippen LogP contribution in [0.2, 0.25) is 0 Å². The number of rotatable bonds is 6. The van der Waals surface area contributed by atoms with Gasteiger partial charge in [-0.2, -0.15) is 0 Å². The van der Waals surface area contributed by atoms with E-state index in [1.54, 1.807) is 12.1 Å². The Bertz CT molecular complexity index is 738. The van der Waals surface area contributed by atoms with Crippen LogP contribution < -0.4 is 4.74 Å². The molecule has 1 aliphatic rings. The van der Waals surface area contributed by atoms with E-state index < -0.39 is 5.97 Å². The molecule has 1 aliphatic heterocycles. The fourth-order valence-electron chi connectivity index (χ4n) is 3.14. The molecular weight excluding hydrogens is 318 g/mol. The van der Waals surface area contributed by atoms with Gasteiger partial charge in [0.2, 0.25) is 0 Å². The molecule has 0 radical (unpaired) electrons. The van der Waals surface area contributed by atoms with Gasteiger partial charge >= 0.3 is 5.97 Å². The van der Waals surface area contributed by atoms with Gasteiger partial charge in [-0.25, -0.2) is 4.79 Å². The van der Waals surface area contributed by atoms with Gasteiger partial charge in [-0.05, 0) is 67.4 Å². The van der Waals surface area contributed by atoms with Crippen molar-refractivity contribution in [1.82, 2.24) is 4.90 Å². The van der Waals surface area contributed by atoms with Crippen LogP contribution >= 0.6 is 0 Å². The second-order valence-corrected chi connectivity index (χ2v) is 6.35. The Morgan fingerprint density at radius 3 is 2.60 bits per heavy atom. The number of nitrogens with zero attached hydrogens (tertiary/aromatic N) is 1. The molecule has 2 N–H and O–H groups in total. The highest BCUT2D eigenvalue weighted by Crippen LogP contribution is 2.28. The molecule has 0 saturated carbocycles. The molecule has 0 bridgehead atoms. The zero-order valence-electron chi connectivity index (χ0n) is 14.1. The Balaban J connectivity index is 1.68. The van der Waals surface area contributed by atoms with E-state index in [0.29, 0.717) is 12.2 Å². The molecule has 5 nitrogen and oxygen atoms in total. The van der Waals surface area contributed by atoms with E-state index in [9.17, 15) is 9.90 Å². The number of carboxylic acid groups (broad SMARTS) is 1. The highest BCUT2D eigenvalue weighted by Gasteiger charge is 2.11. The summed E-state index contributed by atoms with van der Waals surface area (Å²) in [5.41, 5.74) is 1.53. The smallest absolute Gasteiger partial charge is 0.335 e. The number of phenolic OH excluding ortho intramolecular Hbond substituents is 1. The Morgan fingerprint density at radius 1 is 1.04 bits per heavy atom. The molecule has 1 saturated heterocycles. The lowest BCUT2D eigenvalue weighted by Gasteiger charge is -2.26. The lowest BCUT2D eigenvalue weighted by molar-refractivity contribution is 0.0696. The van der Waals surface area contributed by atoms with Crippen molar-refractivity contribution in [3.05, 3.63) is 48.0 Å². The number of hydrogen-bond acceptors (Lipinski definition) is 4. The molecule has 0 amide bonds. The molecule has 132 valence electrons. The number of likely N-dealkylation sites (tertiary alicyclic amines) is 1. The largest absolute Gasteiger partial charge is 0.508 e. The third-order valence-electron chi connectivity index (χ3n) is 4.46. The second kappa shape index (κ2) is 8.03. The summed E-state index contributed by atoms with van der Waals surface area (Å²) in [5.74, 6) is -0.382. The number of hydrogen-bond donors (Lipinski definition) is 2. The fourth-order valence-corrected chi connectivity index (χ4v) is 3.14. The molecule has 0 aromatic heterocycles. The monoisotopic (exact) mass is 341 g/mol. The van der Waals surface area contributed by atoms with Crippen molar-refractivity contribution in [3.8, 4) is 22.6 Å². The molecule has 0 unspecified atom stereocenters. The van der Waals surface area contributed by atoms with E-state index in [1.165, 1.54) is 25.3 Å². The van der Waals surface area contributed by atoms with Gasteiger partial charge < -0.3 is 14.9 Å². The van der Waals surface area contributed by atoms with Gasteiger partial charge in [-0.1, -0.05) is 18.6 Å². The number of ether oxygens (including phenoxy) is 1. The van der Waals surface area contributed by atoms with E-state index in [-0.39, 0.29) is 11.3 Å². The van der Waals surface area contributed by atoms with E-state index >= 15 is 0 Å². The maximum atomic E-state index is 11.2. The van der Waals surface area contributed by atoms with E-state index in [2.05, 4.69) is 4.90 Å². The molecule has 1 fully saturated rings. The van der Waals surface area contributed by atoms with Crippen molar-refractivity contribution in [2.45, 2.75) is 19.3 Å². The average Bonchev–Trinajstić information content (AvgIpc) is 2.62. The highest BCUT2D eigenvalue weighted by molar-refractivity contribution is 5.90. The third-order valence-corrected chi connectivity index (χ3v) is 4.46. The van der Waals surface area contributed by atoms with Crippen molar-refractivity contribution in [3.63, 3.8) is 0 Å². The zero-order valence-corrected chi connectivity index (χ0v) is 14.1. The summed E-state index contributed by atoms with van der Waals surface area (Å²) in [6, 6.07) is 11.9. The first-order valence-corrected chi connectivity index (χ1v) is 8.65. The van der Waals surface area contributed by atoms with Gasteiger partial charge in [0, 0.05) is 6.54 Å². The van der Waals surface area contributed by atoms with Gasteiger partial charge in [-0.15, -0.1) is 0 Å². The molecule has 2 aromatic carbocycles. The standard InChI is InChI=1S/C20H23NO4/c22-18-12-16(11-17(13-18)20(23)24)15-5-4-6-19(14-15)25-10-9-21-7-2-1-3-8-21/h4-6,11-14,22H,1-3,7-10H2,(H,23,24). The predicted octanol–water partition coefficient (Wildman–Crippen LogP) is 3.62. The normalized spacial score (nSPS) is 15.0. The van der Waals surface area contributed by atoms with Crippen molar-refractivity contribution < 1.29 is 19.7 Å². The minimum absolute atomic E-state index is 0.0615. The minimum Gasteiger partial charge on any atom is -0.508 e. The summed E-state index contributed by atoms with van der Waals surface area (Å²) in [5, 5.41) is 18.9. The molecule has 1 heterocycles. The van der Waals surface area contributed by atoms with Gasteiger partial charge in [0.25, 0.3) is 0 Å². The maximum Gasteiger partial charge on any atom is 0.335 e. The van der Waals surface area contributed by atoms with Gasteiger partial charge in [-0.3, -0.25) is 4.90 Å². The number of aromatic hydroxyl groups is 1. The summed E-state index contributed by atoms with van der Waals surface area (Å²) in [6.45, 7) is 3.83. The highest BCUT2D eigenvalue weighted by atomic mass is 16.5. The van der Waals surface area contributed by atoms with Crippen LogP contribution in [-0.4, -0.2) is 47.3 Å². The summed E-state index contributed by atoms with van der Waals surface area (Å²) in [4.78, 5) is 13.6. The minimum atomic E-state index is -1.06. The van der Waals surface area contributed by atoms with E-state index in [0.717, 1.165) is 30.9 Å². The quantitative estimate of drug-likeness (QED) is 0.840. The summed E-state index contributed by atoms with van der Waals surface area (Å²) < 4.78 is 5.86. The van der Waals surface area contributed by atoms with E-state index in [4.69, 9.17) is 9.84 Å². The van der Waals surface area contributed by atoms with Gasteiger partial charge in [0.15, 0.2) is 0 Å². The lowest BCUT2D eigenvalue weighted by Crippen LogP contribution is -2.33. The Kier molecular flexibility index (Phi) is 5.56. The Labute approximate surface area is 147 Å². The van der Waals surface area contributed by atoms with Crippen molar-refractivity contribution in [2.75, 3.05) is 26.2 Å². The fraction of sp³-hybridized carbons (Fsp3) is 0.350. The molecule has 3 rings (SSSR count). The zero-order chi connectivity index (χ0) is 17.6. The SMILES string of the molecule is O=C(O)c1cc(O)cc(-c2cccc(OCCN3CCCCC3)c2)c1. The molecule has 2 aromatic rings. The van der Waals surface area contributed by atoms with Crippen LogP contribution in [0.15, 0.2) is 42.5 Å². The topological polar surface area (TPSA) is 70.0 Å². The average molecular weight is 341 g/mol. The van der Waals surface area contributed by atoms with Gasteiger partial charge in [0.05, 0.1) is 5.56 Å². The van der Waals surface area contributed by atoms with Gasteiger partial charge in [0.1, 0.15) is 18.1 Å². The summed E-state index contributed by atoms with van der Waals surface area (Å²) >= 11 is 0. The van der Waals surface area contributed by atoms with Crippen molar-refractivity contribution in [2.24, 2.45) is 0 Å². The Morgan fingerprint density at radius 2 is 1.84 bits per heavy atom. The molecule has 5 heteroatoms. The van der Waals surface area contributed by atoms with Crippen LogP contribution in [0.5, 0.6) is 11.5 Å².